The minimum absolute atomic E-state index is 0.287. The molecule has 0 heterocycles. The van der Waals surface area contributed by atoms with Crippen molar-refractivity contribution < 1.29 is 9.53 Å². The Bertz CT molecular complexity index is 671. The van der Waals surface area contributed by atoms with E-state index in [2.05, 4.69) is 5.32 Å². The van der Waals surface area contributed by atoms with E-state index in [1.54, 1.807) is 19.1 Å². The Morgan fingerprint density at radius 2 is 2.05 bits per heavy atom. The summed E-state index contributed by atoms with van der Waals surface area (Å²) in [4.78, 5) is 12.1. The van der Waals surface area contributed by atoms with Gasteiger partial charge in [-0.3, -0.25) is 0 Å². The molecule has 0 bridgehead atoms. The second-order valence-corrected chi connectivity index (χ2v) is 4.99. The van der Waals surface area contributed by atoms with Gasteiger partial charge in [0.25, 0.3) is 0 Å². The highest BCUT2D eigenvalue weighted by Crippen LogP contribution is 2.33. The van der Waals surface area contributed by atoms with Crippen LogP contribution in [-0.4, -0.2) is 12.6 Å². The number of rotatable bonds is 4. The quantitative estimate of drug-likeness (QED) is 0.658. The molecule has 0 saturated carbocycles. The van der Waals surface area contributed by atoms with Gasteiger partial charge in [-0.25, -0.2) is 4.79 Å². The lowest BCUT2D eigenvalue weighted by atomic mass is 10.1. The lowest BCUT2D eigenvalue weighted by Gasteiger charge is -2.15. The average Bonchev–Trinajstić information content (AvgIpc) is 2.43. The van der Waals surface area contributed by atoms with E-state index in [9.17, 15) is 4.79 Å². The average molecular weight is 305 g/mol. The van der Waals surface area contributed by atoms with Crippen LogP contribution in [0.15, 0.2) is 36.4 Å². The first-order chi connectivity index (χ1) is 10.0. The van der Waals surface area contributed by atoms with E-state index in [1.807, 2.05) is 31.2 Å². The smallest absolute Gasteiger partial charge is 0.340 e. The zero-order valence-corrected chi connectivity index (χ0v) is 12.7. The highest BCUT2D eigenvalue weighted by atomic mass is 35.5. The molecule has 0 radical (unpaired) electrons. The number of aryl methyl sites for hydroxylation is 1. The second kappa shape index (κ2) is 6.50. The first kappa shape index (κ1) is 15.2. The van der Waals surface area contributed by atoms with Gasteiger partial charge in [0.05, 0.1) is 22.9 Å². The first-order valence-electron chi connectivity index (χ1n) is 6.61. The van der Waals surface area contributed by atoms with Gasteiger partial charge in [0.15, 0.2) is 0 Å². The molecule has 2 aromatic rings. The van der Waals surface area contributed by atoms with Crippen LogP contribution in [-0.2, 0) is 4.74 Å². The number of hydrogen-bond acceptors (Lipinski definition) is 4. The van der Waals surface area contributed by atoms with E-state index in [0.29, 0.717) is 22.0 Å². The molecule has 110 valence electrons. The molecule has 0 aliphatic carbocycles. The van der Waals surface area contributed by atoms with E-state index in [4.69, 9.17) is 22.1 Å². The maximum Gasteiger partial charge on any atom is 0.340 e. The van der Waals surface area contributed by atoms with Crippen molar-refractivity contribution in [1.29, 1.82) is 0 Å². The van der Waals surface area contributed by atoms with E-state index in [1.165, 1.54) is 0 Å². The summed E-state index contributed by atoms with van der Waals surface area (Å²) >= 11 is 6.23. The molecule has 0 amide bonds. The van der Waals surface area contributed by atoms with Crippen molar-refractivity contribution >= 4 is 34.6 Å². The number of benzene rings is 2. The summed E-state index contributed by atoms with van der Waals surface area (Å²) in [5.41, 5.74) is 8.92. The van der Waals surface area contributed by atoms with Crippen molar-refractivity contribution in [1.82, 2.24) is 0 Å². The van der Waals surface area contributed by atoms with Crippen LogP contribution in [0.4, 0.5) is 17.1 Å². The molecule has 2 rings (SSSR count). The minimum atomic E-state index is -0.456. The normalized spacial score (nSPS) is 10.2. The maximum atomic E-state index is 12.1. The molecule has 2 aromatic carbocycles. The summed E-state index contributed by atoms with van der Waals surface area (Å²) in [5.74, 6) is -0.456. The topological polar surface area (TPSA) is 64.3 Å². The molecule has 0 spiro atoms. The number of carbonyl (C=O) groups excluding carboxylic acids is 1. The Labute approximate surface area is 128 Å². The molecule has 21 heavy (non-hydrogen) atoms. The summed E-state index contributed by atoms with van der Waals surface area (Å²) in [6, 6.07) is 10.9. The highest BCUT2D eigenvalue weighted by molar-refractivity contribution is 6.34. The van der Waals surface area contributed by atoms with Crippen LogP contribution in [0.25, 0.3) is 0 Å². The number of carbonyl (C=O) groups is 1. The van der Waals surface area contributed by atoms with Gasteiger partial charge in [-0.15, -0.1) is 0 Å². The lowest BCUT2D eigenvalue weighted by Crippen LogP contribution is -2.09. The third kappa shape index (κ3) is 3.47. The van der Waals surface area contributed by atoms with Crippen molar-refractivity contribution in [3.8, 4) is 0 Å². The Balaban J connectivity index is 2.47. The van der Waals surface area contributed by atoms with E-state index in [-0.39, 0.29) is 6.61 Å². The highest BCUT2D eigenvalue weighted by Gasteiger charge is 2.17. The van der Waals surface area contributed by atoms with Crippen LogP contribution in [0.2, 0.25) is 5.02 Å². The minimum Gasteiger partial charge on any atom is -0.462 e. The van der Waals surface area contributed by atoms with Gasteiger partial charge in [0.1, 0.15) is 0 Å². The number of ether oxygens (including phenoxy) is 1. The summed E-state index contributed by atoms with van der Waals surface area (Å²) in [6.45, 7) is 4.01. The van der Waals surface area contributed by atoms with Crippen molar-refractivity contribution in [2.45, 2.75) is 13.8 Å². The summed E-state index contributed by atoms with van der Waals surface area (Å²) < 4.78 is 5.05. The predicted octanol–water partition coefficient (Wildman–Crippen LogP) is 4.15. The SMILES string of the molecule is CCOC(=O)c1cc(N)cc(Cl)c1Nc1ccccc1C. The second-order valence-electron chi connectivity index (χ2n) is 4.59. The Morgan fingerprint density at radius 1 is 1.33 bits per heavy atom. The summed E-state index contributed by atoms with van der Waals surface area (Å²) in [5, 5.41) is 3.56. The van der Waals surface area contributed by atoms with Crippen LogP contribution in [0.5, 0.6) is 0 Å². The van der Waals surface area contributed by atoms with E-state index < -0.39 is 5.97 Å². The molecule has 0 atom stereocenters. The zero-order chi connectivity index (χ0) is 15.4. The largest absolute Gasteiger partial charge is 0.462 e. The molecule has 3 N–H and O–H groups in total. The van der Waals surface area contributed by atoms with E-state index >= 15 is 0 Å². The zero-order valence-electron chi connectivity index (χ0n) is 11.9. The van der Waals surface area contributed by atoms with Crippen molar-refractivity contribution in [3.05, 3.63) is 52.5 Å². The van der Waals surface area contributed by atoms with E-state index in [0.717, 1.165) is 11.3 Å². The molecule has 0 aliphatic rings. The fraction of sp³-hybridized carbons (Fsp3) is 0.188. The fourth-order valence-corrected chi connectivity index (χ4v) is 2.25. The van der Waals surface area contributed by atoms with Crippen LogP contribution in [0.3, 0.4) is 0 Å². The number of esters is 1. The monoisotopic (exact) mass is 304 g/mol. The van der Waals surface area contributed by atoms with Crippen molar-refractivity contribution in [2.24, 2.45) is 0 Å². The van der Waals surface area contributed by atoms with Crippen molar-refractivity contribution in [2.75, 3.05) is 17.7 Å². The molecule has 0 saturated heterocycles. The molecule has 5 heteroatoms. The van der Waals surface area contributed by atoms with Crippen LogP contribution >= 0.6 is 11.6 Å². The number of hydrogen-bond donors (Lipinski definition) is 2. The molecule has 0 aromatic heterocycles. The molecule has 0 aliphatic heterocycles. The third-order valence-electron chi connectivity index (χ3n) is 3.01. The standard InChI is InChI=1S/C16H17ClN2O2/c1-3-21-16(20)12-8-11(18)9-13(17)15(12)19-14-7-5-4-6-10(14)2/h4-9,19H,3,18H2,1-2H3. The van der Waals surface area contributed by atoms with Crippen LogP contribution in [0, 0.1) is 6.92 Å². The molecular formula is C16H17ClN2O2. The van der Waals surface area contributed by atoms with Gasteiger partial charge >= 0.3 is 5.97 Å². The first-order valence-corrected chi connectivity index (χ1v) is 6.99. The van der Waals surface area contributed by atoms with Gasteiger partial charge in [0, 0.05) is 11.4 Å². The number of anilines is 3. The summed E-state index contributed by atoms with van der Waals surface area (Å²) in [6.07, 6.45) is 0. The molecule has 0 unspecified atom stereocenters. The number of halogens is 1. The van der Waals surface area contributed by atoms with Gasteiger partial charge in [-0.1, -0.05) is 29.8 Å². The Morgan fingerprint density at radius 3 is 2.71 bits per heavy atom. The van der Waals surface area contributed by atoms with Gasteiger partial charge < -0.3 is 15.8 Å². The number of para-hydroxylation sites is 1. The third-order valence-corrected chi connectivity index (χ3v) is 3.31. The molecule has 4 nitrogen and oxygen atoms in total. The fourth-order valence-electron chi connectivity index (χ4n) is 1.97. The van der Waals surface area contributed by atoms with Gasteiger partial charge in [0.2, 0.25) is 0 Å². The maximum absolute atomic E-state index is 12.1. The van der Waals surface area contributed by atoms with Crippen LogP contribution < -0.4 is 11.1 Å². The number of nitrogens with two attached hydrogens (primary N) is 1. The molecule has 0 fully saturated rings. The van der Waals surface area contributed by atoms with Crippen molar-refractivity contribution in [3.63, 3.8) is 0 Å². The Kier molecular flexibility index (Phi) is 4.70. The number of nitrogens with one attached hydrogen (secondary N) is 1. The number of nitrogen functional groups attached to an aromatic ring is 1. The predicted molar refractivity (Wildman–Crippen MR) is 86.3 cm³/mol. The van der Waals surface area contributed by atoms with Gasteiger partial charge in [-0.2, -0.15) is 0 Å². The van der Waals surface area contributed by atoms with Crippen LogP contribution in [0.1, 0.15) is 22.8 Å². The summed E-state index contributed by atoms with van der Waals surface area (Å²) in [7, 11) is 0. The van der Waals surface area contributed by atoms with Gasteiger partial charge in [-0.05, 0) is 37.6 Å². The lowest BCUT2D eigenvalue weighted by molar-refractivity contribution is 0.0527. The molecular weight excluding hydrogens is 288 g/mol. The Hall–Kier alpha value is -2.20.